The van der Waals surface area contributed by atoms with Gasteiger partial charge in [-0.3, -0.25) is 9.59 Å². The van der Waals surface area contributed by atoms with Crippen LogP contribution >= 0.6 is 23.4 Å². The number of rotatable bonds is 3. The summed E-state index contributed by atoms with van der Waals surface area (Å²) in [4.78, 5) is 28.7. The minimum Gasteiger partial charge on any atom is -0.481 e. The van der Waals surface area contributed by atoms with Crippen molar-refractivity contribution in [1.29, 1.82) is 0 Å². The summed E-state index contributed by atoms with van der Waals surface area (Å²) in [6, 6.07) is 4.75. The summed E-state index contributed by atoms with van der Waals surface area (Å²) in [6.07, 6.45) is 0. The molecule has 0 amide bonds. The van der Waals surface area contributed by atoms with Crippen LogP contribution in [0.3, 0.4) is 0 Å². The van der Waals surface area contributed by atoms with Gasteiger partial charge in [0.15, 0.2) is 5.16 Å². The smallest absolute Gasteiger partial charge is 0.313 e. The van der Waals surface area contributed by atoms with Gasteiger partial charge in [-0.25, -0.2) is 4.98 Å². The molecular formula is C10H7ClN2O3S. The Balaban J connectivity index is 2.46. The fourth-order valence-electron chi connectivity index (χ4n) is 1.29. The number of hydrogen-bond donors (Lipinski definition) is 2. The van der Waals surface area contributed by atoms with E-state index in [4.69, 9.17) is 16.7 Å². The van der Waals surface area contributed by atoms with E-state index in [1.165, 1.54) is 0 Å². The van der Waals surface area contributed by atoms with Crippen molar-refractivity contribution in [2.24, 2.45) is 0 Å². The van der Waals surface area contributed by atoms with Crippen LogP contribution in [-0.2, 0) is 4.79 Å². The largest absolute Gasteiger partial charge is 0.481 e. The molecule has 0 bridgehead atoms. The van der Waals surface area contributed by atoms with Gasteiger partial charge in [-0.2, -0.15) is 0 Å². The molecule has 0 saturated carbocycles. The maximum Gasteiger partial charge on any atom is 0.313 e. The molecular weight excluding hydrogens is 264 g/mol. The fraction of sp³-hybridized carbons (Fsp3) is 0.100. The topological polar surface area (TPSA) is 83.0 Å². The first-order chi connectivity index (χ1) is 8.06. The Bertz CT molecular complexity index is 641. The average molecular weight is 271 g/mol. The molecule has 1 heterocycles. The van der Waals surface area contributed by atoms with Crippen molar-refractivity contribution in [3.63, 3.8) is 0 Å². The zero-order valence-corrected chi connectivity index (χ0v) is 10.0. The van der Waals surface area contributed by atoms with Crippen LogP contribution < -0.4 is 5.56 Å². The van der Waals surface area contributed by atoms with Gasteiger partial charge in [0.25, 0.3) is 5.56 Å². The van der Waals surface area contributed by atoms with Gasteiger partial charge in [0.1, 0.15) is 0 Å². The first kappa shape index (κ1) is 11.9. The lowest BCUT2D eigenvalue weighted by Gasteiger charge is -2.01. The second kappa shape index (κ2) is 4.77. The number of benzene rings is 1. The average Bonchev–Trinajstić information content (AvgIpc) is 2.25. The first-order valence-electron chi connectivity index (χ1n) is 4.60. The molecule has 0 fully saturated rings. The summed E-state index contributed by atoms with van der Waals surface area (Å²) in [5, 5.41) is 9.71. The van der Waals surface area contributed by atoms with E-state index in [0.717, 1.165) is 11.8 Å². The number of aromatic amines is 1. The Morgan fingerprint density at radius 1 is 1.53 bits per heavy atom. The van der Waals surface area contributed by atoms with Crippen LogP contribution in [0, 0.1) is 0 Å². The van der Waals surface area contributed by atoms with E-state index in [-0.39, 0.29) is 16.5 Å². The standard InChI is InChI=1S/C10H7ClN2O3S/c11-5-1-2-6-7(3-5)12-10(13-9(6)16)17-4-8(14)15/h1-3H,4H2,(H,14,15)(H,12,13,16). The number of hydrogen-bond acceptors (Lipinski definition) is 4. The highest BCUT2D eigenvalue weighted by Gasteiger charge is 2.06. The SMILES string of the molecule is O=C(O)CSc1nc2cc(Cl)ccc2c(=O)[nH]1. The summed E-state index contributed by atoms with van der Waals surface area (Å²) in [5.74, 6) is -1.13. The molecule has 0 atom stereocenters. The lowest BCUT2D eigenvalue weighted by molar-refractivity contribution is -0.133. The van der Waals surface area contributed by atoms with Gasteiger partial charge in [-0.05, 0) is 18.2 Å². The number of nitrogens with zero attached hydrogens (tertiary/aromatic N) is 1. The number of nitrogens with one attached hydrogen (secondary N) is 1. The maximum absolute atomic E-state index is 11.7. The molecule has 0 aliphatic carbocycles. The number of carbonyl (C=O) groups is 1. The Kier molecular flexibility index (Phi) is 3.35. The van der Waals surface area contributed by atoms with Crippen LogP contribution in [-0.4, -0.2) is 26.8 Å². The lowest BCUT2D eigenvalue weighted by atomic mass is 10.2. The van der Waals surface area contributed by atoms with Gasteiger partial charge in [0.05, 0.1) is 16.7 Å². The predicted octanol–water partition coefficient (Wildman–Crippen LogP) is 1.75. The number of halogens is 1. The molecule has 2 N–H and O–H groups in total. The number of aromatic nitrogens is 2. The minimum atomic E-state index is -0.969. The van der Waals surface area contributed by atoms with Gasteiger partial charge in [0.2, 0.25) is 0 Å². The van der Waals surface area contributed by atoms with Gasteiger partial charge >= 0.3 is 5.97 Å². The molecule has 0 saturated heterocycles. The summed E-state index contributed by atoms with van der Waals surface area (Å²) in [7, 11) is 0. The van der Waals surface area contributed by atoms with Crippen LogP contribution in [0.25, 0.3) is 10.9 Å². The van der Waals surface area contributed by atoms with E-state index >= 15 is 0 Å². The quantitative estimate of drug-likeness (QED) is 0.656. The summed E-state index contributed by atoms with van der Waals surface area (Å²) >= 11 is 6.75. The highest BCUT2D eigenvalue weighted by atomic mass is 35.5. The molecule has 2 rings (SSSR count). The second-order valence-corrected chi connectivity index (χ2v) is 4.62. The third-order valence-corrected chi connectivity index (χ3v) is 3.07. The van der Waals surface area contributed by atoms with E-state index in [0.29, 0.717) is 15.9 Å². The molecule has 1 aromatic carbocycles. The zero-order chi connectivity index (χ0) is 12.4. The number of thioether (sulfide) groups is 1. The predicted molar refractivity (Wildman–Crippen MR) is 65.7 cm³/mol. The Morgan fingerprint density at radius 3 is 3.00 bits per heavy atom. The molecule has 88 valence electrons. The van der Waals surface area contributed by atoms with Crippen LogP contribution in [0.2, 0.25) is 5.02 Å². The third kappa shape index (κ3) is 2.78. The number of carboxylic acid groups (broad SMARTS) is 1. The Hall–Kier alpha value is -1.53. The molecule has 17 heavy (non-hydrogen) atoms. The van der Waals surface area contributed by atoms with Crippen molar-refractivity contribution < 1.29 is 9.90 Å². The monoisotopic (exact) mass is 270 g/mol. The van der Waals surface area contributed by atoms with E-state index in [1.807, 2.05) is 0 Å². The van der Waals surface area contributed by atoms with Crippen molar-refractivity contribution >= 4 is 40.2 Å². The molecule has 0 spiro atoms. The number of aliphatic carboxylic acids is 1. The Morgan fingerprint density at radius 2 is 2.29 bits per heavy atom. The van der Waals surface area contributed by atoms with Crippen molar-refractivity contribution in [3.8, 4) is 0 Å². The van der Waals surface area contributed by atoms with E-state index < -0.39 is 5.97 Å². The lowest BCUT2D eigenvalue weighted by Crippen LogP contribution is -2.10. The van der Waals surface area contributed by atoms with Crippen LogP contribution in [0.4, 0.5) is 0 Å². The van der Waals surface area contributed by atoms with Gasteiger partial charge in [-0.15, -0.1) is 0 Å². The number of fused-ring (bicyclic) bond motifs is 1. The van der Waals surface area contributed by atoms with Crippen molar-refractivity contribution in [3.05, 3.63) is 33.6 Å². The summed E-state index contributed by atoms with van der Waals surface area (Å²) in [6.45, 7) is 0. The van der Waals surface area contributed by atoms with Gasteiger partial charge in [0, 0.05) is 5.02 Å². The van der Waals surface area contributed by atoms with Crippen molar-refractivity contribution in [1.82, 2.24) is 9.97 Å². The first-order valence-corrected chi connectivity index (χ1v) is 5.97. The molecule has 0 aliphatic rings. The van der Waals surface area contributed by atoms with E-state index in [9.17, 15) is 9.59 Å². The van der Waals surface area contributed by atoms with Crippen LogP contribution in [0.5, 0.6) is 0 Å². The molecule has 2 aromatic rings. The summed E-state index contributed by atoms with van der Waals surface area (Å²) < 4.78 is 0. The molecule has 0 unspecified atom stereocenters. The zero-order valence-electron chi connectivity index (χ0n) is 8.44. The maximum atomic E-state index is 11.7. The van der Waals surface area contributed by atoms with E-state index in [2.05, 4.69) is 9.97 Å². The van der Waals surface area contributed by atoms with Gasteiger partial charge < -0.3 is 10.1 Å². The minimum absolute atomic E-state index is 0.158. The highest BCUT2D eigenvalue weighted by Crippen LogP contribution is 2.17. The van der Waals surface area contributed by atoms with Crippen LogP contribution in [0.15, 0.2) is 28.2 Å². The van der Waals surface area contributed by atoms with Crippen molar-refractivity contribution in [2.75, 3.05) is 5.75 Å². The normalized spacial score (nSPS) is 10.6. The fourth-order valence-corrected chi connectivity index (χ4v) is 2.04. The van der Waals surface area contributed by atoms with Crippen LogP contribution in [0.1, 0.15) is 0 Å². The second-order valence-electron chi connectivity index (χ2n) is 3.21. The third-order valence-electron chi connectivity index (χ3n) is 1.98. The molecule has 0 radical (unpaired) electrons. The molecule has 7 heteroatoms. The molecule has 5 nitrogen and oxygen atoms in total. The summed E-state index contributed by atoms with van der Waals surface area (Å²) in [5.41, 5.74) is 0.147. The molecule has 0 aliphatic heterocycles. The van der Waals surface area contributed by atoms with Crippen molar-refractivity contribution in [2.45, 2.75) is 5.16 Å². The highest BCUT2D eigenvalue weighted by molar-refractivity contribution is 7.99. The van der Waals surface area contributed by atoms with E-state index in [1.54, 1.807) is 18.2 Å². The van der Waals surface area contributed by atoms with Gasteiger partial charge in [-0.1, -0.05) is 23.4 Å². The Labute approximate surface area is 105 Å². The number of carboxylic acids is 1. The molecule has 1 aromatic heterocycles. The number of H-pyrrole nitrogens is 1.